The average Bonchev–Trinajstić information content (AvgIpc) is 3.93. The zero-order chi connectivity index (χ0) is 33.6. The summed E-state index contributed by atoms with van der Waals surface area (Å²) in [4.78, 5) is 48.0. The van der Waals surface area contributed by atoms with E-state index in [9.17, 15) is 22.8 Å². The molecule has 3 amide bonds. The molecule has 3 aliphatic carbocycles. The smallest absolute Gasteiger partial charge is 0.259 e. The fraction of sp³-hybridized carbons (Fsp3) is 0.500. The molecule has 2 N–H and O–H groups in total. The van der Waals surface area contributed by atoms with Gasteiger partial charge in [-0.3, -0.25) is 19.1 Å². The number of allylic oxidation sites excluding steroid dienone is 1. The minimum atomic E-state index is -3.82. The standard InChI is InChI=1S/C34H40N6O7S/c1-39-14-6-4-3-5-8-22-20-34(22,33(43)38-48(44,45)25-10-11-25)37-30(41)27-18-24(19-28(27)32(39)42)47-31-26-12-9-23(46-2)16-21(26)17-29(36-31)40-15-7-13-35-40/h5,7-9,12-13,15-17,22,24-25,27-28H,3-4,6,10-11,14,18-20H2,1-2H3,(H,37,41)(H,38,43)/b8-5-/t22-,24+,27+,28+,34+/m0/s1. The number of carbonyl (C=O) groups is 3. The molecule has 0 spiro atoms. The Bertz CT molecular complexity index is 1880. The Morgan fingerprint density at radius 3 is 2.69 bits per heavy atom. The van der Waals surface area contributed by atoms with Crippen LogP contribution >= 0.6 is 0 Å². The molecule has 4 aliphatic rings. The molecular weight excluding hydrogens is 636 g/mol. The summed E-state index contributed by atoms with van der Waals surface area (Å²) < 4.78 is 41.3. The van der Waals surface area contributed by atoms with Crippen molar-refractivity contribution in [3.63, 3.8) is 0 Å². The van der Waals surface area contributed by atoms with Crippen molar-refractivity contribution in [3.05, 3.63) is 54.9 Å². The lowest BCUT2D eigenvalue weighted by atomic mass is 9.93. The van der Waals surface area contributed by atoms with Crippen molar-refractivity contribution in [1.82, 2.24) is 29.7 Å². The second-order valence-electron chi connectivity index (χ2n) is 13.4. The third-order valence-corrected chi connectivity index (χ3v) is 11.8. The maximum absolute atomic E-state index is 14.1. The number of nitrogens with zero attached hydrogens (tertiary/aromatic N) is 4. The van der Waals surface area contributed by atoms with Crippen molar-refractivity contribution >= 4 is 38.5 Å². The molecule has 0 radical (unpaired) electrons. The number of sulfonamides is 1. The molecule has 0 saturated heterocycles. The van der Waals surface area contributed by atoms with Gasteiger partial charge in [0.05, 0.1) is 24.2 Å². The Balaban J connectivity index is 1.19. The molecule has 1 aliphatic heterocycles. The van der Waals surface area contributed by atoms with Gasteiger partial charge in [0.25, 0.3) is 5.91 Å². The lowest BCUT2D eigenvalue weighted by Gasteiger charge is -2.26. The number of carbonyl (C=O) groups excluding carboxylic acids is 3. The van der Waals surface area contributed by atoms with Gasteiger partial charge in [0.1, 0.15) is 17.4 Å². The lowest BCUT2D eigenvalue weighted by molar-refractivity contribution is -0.140. The summed E-state index contributed by atoms with van der Waals surface area (Å²) in [7, 11) is -0.480. The molecule has 0 unspecified atom stereocenters. The highest BCUT2D eigenvalue weighted by Gasteiger charge is 2.62. The predicted octanol–water partition coefficient (Wildman–Crippen LogP) is 2.88. The summed E-state index contributed by atoms with van der Waals surface area (Å²) in [6.07, 6.45) is 10.9. The van der Waals surface area contributed by atoms with E-state index in [1.165, 1.54) is 0 Å². The van der Waals surface area contributed by atoms with E-state index >= 15 is 0 Å². The van der Waals surface area contributed by atoms with Crippen LogP contribution in [-0.2, 0) is 24.4 Å². The molecule has 0 bridgehead atoms. The molecule has 3 aromatic rings. The van der Waals surface area contributed by atoms with Gasteiger partial charge in [-0.2, -0.15) is 10.1 Å². The molecule has 14 heteroatoms. The number of methoxy groups -OCH3 is 1. The molecule has 7 rings (SSSR count). The minimum Gasteiger partial charge on any atom is -0.497 e. The van der Waals surface area contributed by atoms with Gasteiger partial charge in [-0.05, 0) is 87.1 Å². The number of ether oxygens (including phenoxy) is 2. The molecule has 3 heterocycles. The third kappa shape index (κ3) is 6.25. The molecule has 3 saturated carbocycles. The summed E-state index contributed by atoms with van der Waals surface area (Å²) >= 11 is 0. The van der Waals surface area contributed by atoms with Crippen LogP contribution in [0.2, 0.25) is 0 Å². The van der Waals surface area contributed by atoms with Crippen LogP contribution in [-0.4, -0.2) is 83.4 Å². The molecular formula is C34H40N6O7S. The van der Waals surface area contributed by atoms with E-state index in [0.717, 1.165) is 30.0 Å². The molecule has 13 nitrogen and oxygen atoms in total. The summed E-state index contributed by atoms with van der Waals surface area (Å²) in [6.45, 7) is 0.553. The van der Waals surface area contributed by atoms with Gasteiger partial charge in [-0.1, -0.05) is 12.2 Å². The minimum absolute atomic E-state index is 0.163. The van der Waals surface area contributed by atoms with Crippen molar-refractivity contribution in [2.24, 2.45) is 17.8 Å². The van der Waals surface area contributed by atoms with Crippen LogP contribution in [0, 0.1) is 17.8 Å². The van der Waals surface area contributed by atoms with Gasteiger partial charge in [-0.15, -0.1) is 0 Å². The van der Waals surface area contributed by atoms with Gasteiger partial charge >= 0.3 is 0 Å². The summed E-state index contributed by atoms with van der Waals surface area (Å²) in [5.74, 6) is -1.67. The monoisotopic (exact) mass is 676 g/mol. The highest BCUT2D eigenvalue weighted by molar-refractivity contribution is 7.91. The number of rotatable bonds is 7. The Kier molecular flexibility index (Phi) is 8.38. The van der Waals surface area contributed by atoms with Crippen molar-refractivity contribution < 1.29 is 32.3 Å². The highest BCUT2D eigenvalue weighted by atomic mass is 32.2. The maximum atomic E-state index is 14.1. The molecule has 254 valence electrons. The number of nitrogens with one attached hydrogen (secondary N) is 2. The number of amides is 3. The topological polar surface area (TPSA) is 162 Å². The van der Waals surface area contributed by atoms with Crippen LogP contribution in [0.25, 0.3) is 16.6 Å². The quantitative estimate of drug-likeness (QED) is 0.359. The van der Waals surface area contributed by atoms with Crippen molar-refractivity contribution in [3.8, 4) is 17.4 Å². The normalized spacial score (nSPS) is 28.5. The third-order valence-electron chi connectivity index (χ3n) is 10.0. The lowest BCUT2D eigenvalue weighted by Crippen LogP contribution is -2.54. The summed E-state index contributed by atoms with van der Waals surface area (Å²) in [5.41, 5.74) is -1.40. The number of pyridine rings is 1. The fourth-order valence-corrected chi connectivity index (χ4v) is 8.34. The second kappa shape index (κ2) is 12.5. The van der Waals surface area contributed by atoms with Gasteiger partial charge in [0.2, 0.25) is 27.7 Å². The van der Waals surface area contributed by atoms with Crippen molar-refractivity contribution in [2.75, 3.05) is 20.7 Å². The van der Waals surface area contributed by atoms with E-state index in [0.29, 0.717) is 36.8 Å². The van der Waals surface area contributed by atoms with Crippen molar-refractivity contribution in [2.45, 2.75) is 68.3 Å². The van der Waals surface area contributed by atoms with E-state index in [4.69, 9.17) is 14.5 Å². The van der Waals surface area contributed by atoms with Crippen LogP contribution in [0.4, 0.5) is 0 Å². The number of aromatic nitrogens is 3. The Morgan fingerprint density at radius 2 is 1.94 bits per heavy atom. The first kappa shape index (κ1) is 32.1. The van der Waals surface area contributed by atoms with Gasteiger partial charge < -0.3 is 19.7 Å². The van der Waals surface area contributed by atoms with Crippen LogP contribution < -0.4 is 19.5 Å². The zero-order valence-electron chi connectivity index (χ0n) is 27.0. The molecule has 48 heavy (non-hydrogen) atoms. The van der Waals surface area contributed by atoms with Crippen LogP contribution in [0.1, 0.15) is 51.4 Å². The van der Waals surface area contributed by atoms with Gasteiger partial charge in [0, 0.05) is 37.3 Å². The highest BCUT2D eigenvalue weighted by Crippen LogP contribution is 2.47. The first-order valence-electron chi connectivity index (χ1n) is 16.5. The van der Waals surface area contributed by atoms with Gasteiger partial charge in [-0.25, -0.2) is 13.1 Å². The van der Waals surface area contributed by atoms with Crippen LogP contribution in [0.3, 0.4) is 0 Å². The number of hydrogen-bond donors (Lipinski definition) is 2. The number of benzene rings is 1. The SMILES string of the molecule is COc1ccc2c(O[C@@H]3C[C@H]4C(=O)N[C@]5(C(=O)NS(=O)(=O)C6CC6)C[C@@H]5/C=C\CCCCN(C)C(=O)[C@@H]4C3)nc(-n3cccn3)cc2c1. The Morgan fingerprint density at radius 1 is 1.12 bits per heavy atom. The largest absolute Gasteiger partial charge is 0.497 e. The average molecular weight is 677 g/mol. The molecule has 5 atom stereocenters. The van der Waals surface area contributed by atoms with E-state index in [2.05, 4.69) is 15.1 Å². The first-order valence-corrected chi connectivity index (χ1v) is 18.1. The Hall–Kier alpha value is -4.46. The molecule has 1 aromatic carbocycles. The first-order chi connectivity index (χ1) is 23.1. The molecule has 3 fully saturated rings. The predicted molar refractivity (Wildman–Crippen MR) is 176 cm³/mol. The van der Waals surface area contributed by atoms with Crippen LogP contribution in [0.15, 0.2) is 54.9 Å². The number of fused-ring (bicyclic) bond motifs is 3. The van der Waals surface area contributed by atoms with Gasteiger partial charge in [0.15, 0.2) is 5.82 Å². The van der Waals surface area contributed by atoms with E-state index < -0.39 is 50.6 Å². The summed E-state index contributed by atoms with van der Waals surface area (Å²) in [5, 5.41) is 8.22. The van der Waals surface area contributed by atoms with Crippen molar-refractivity contribution in [1.29, 1.82) is 0 Å². The van der Waals surface area contributed by atoms with E-state index in [1.54, 1.807) is 42.2 Å². The number of hydrogen-bond acceptors (Lipinski definition) is 9. The molecule has 2 aromatic heterocycles. The fourth-order valence-electron chi connectivity index (χ4n) is 6.98. The second-order valence-corrected chi connectivity index (χ2v) is 15.3. The maximum Gasteiger partial charge on any atom is 0.259 e. The van der Waals surface area contributed by atoms with E-state index in [1.807, 2.05) is 36.4 Å². The van der Waals surface area contributed by atoms with E-state index in [-0.39, 0.29) is 31.1 Å². The summed E-state index contributed by atoms with van der Waals surface area (Å²) in [6, 6.07) is 9.23. The zero-order valence-corrected chi connectivity index (χ0v) is 27.8. The Labute approximate surface area is 279 Å². The van der Waals surface area contributed by atoms with Crippen LogP contribution in [0.5, 0.6) is 11.6 Å².